The minimum atomic E-state index is -3.25. The second kappa shape index (κ2) is 8.50. The number of nitrogens with zero attached hydrogens (tertiary/aromatic N) is 1. The third-order valence-corrected chi connectivity index (χ3v) is 5.59. The van der Waals surface area contributed by atoms with Crippen molar-refractivity contribution in [2.24, 2.45) is 5.92 Å². The maximum atomic E-state index is 12.3. The molecule has 1 aliphatic rings. The van der Waals surface area contributed by atoms with E-state index in [0.29, 0.717) is 24.3 Å². The molecule has 8 nitrogen and oxygen atoms in total. The summed E-state index contributed by atoms with van der Waals surface area (Å²) in [6, 6.07) is 6.93. The lowest BCUT2D eigenvalue weighted by atomic mass is 9.98. The number of methoxy groups -OCH3 is 1. The summed E-state index contributed by atoms with van der Waals surface area (Å²) < 4.78 is 34.8. The summed E-state index contributed by atoms with van der Waals surface area (Å²) in [5.41, 5.74) is 0.490. The van der Waals surface area contributed by atoms with E-state index in [1.807, 2.05) is 0 Å². The number of sulfonamides is 1. The number of para-hydroxylation sites is 2. The Morgan fingerprint density at radius 3 is 2.42 bits per heavy atom. The van der Waals surface area contributed by atoms with Crippen LogP contribution in [0.25, 0.3) is 0 Å². The van der Waals surface area contributed by atoms with E-state index >= 15 is 0 Å². The zero-order valence-electron chi connectivity index (χ0n) is 15.1. The predicted octanol–water partition coefficient (Wildman–Crippen LogP) is 1.24. The molecule has 0 spiro atoms. The third-order valence-electron chi connectivity index (χ3n) is 4.28. The third kappa shape index (κ3) is 5.18. The van der Waals surface area contributed by atoms with Gasteiger partial charge in [0.1, 0.15) is 5.75 Å². The van der Waals surface area contributed by atoms with Gasteiger partial charge in [-0.3, -0.25) is 9.59 Å². The van der Waals surface area contributed by atoms with Crippen LogP contribution >= 0.6 is 0 Å². The Balaban J connectivity index is 1.88. The Morgan fingerprint density at radius 2 is 1.85 bits per heavy atom. The van der Waals surface area contributed by atoms with Gasteiger partial charge in [-0.25, -0.2) is 12.7 Å². The Labute approximate surface area is 153 Å². The van der Waals surface area contributed by atoms with E-state index in [0.717, 1.165) is 6.26 Å². The molecule has 1 aliphatic heterocycles. The van der Waals surface area contributed by atoms with Crippen LogP contribution in [0.4, 0.5) is 5.69 Å². The number of esters is 1. The smallest absolute Gasteiger partial charge is 0.309 e. The fourth-order valence-corrected chi connectivity index (χ4v) is 3.60. The van der Waals surface area contributed by atoms with Crippen LogP contribution in [0.1, 0.15) is 19.8 Å². The first-order chi connectivity index (χ1) is 12.2. The molecule has 1 saturated heterocycles. The van der Waals surface area contributed by atoms with E-state index in [9.17, 15) is 18.0 Å². The summed E-state index contributed by atoms with van der Waals surface area (Å²) >= 11 is 0. The highest BCUT2D eigenvalue weighted by atomic mass is 32.2. The van der Waals surface area contributed by atoms with Crippen LogP contribution in [0.3, 0.4) is 0 Å². The van der Waals surface area contributed by atoms with Crippen molar-refractivity contribution in [3.05, 3.63) is 24.3 Å². The second-order valence-electron chi connectivity index (χ2n) is 6.20. The molecule has 0 bridgehead atoms. The average molecular weight is 384 g/mol. The van der Waals surface area contributed by atoms with Gasteiger partial charge >= 0.3 is 5.97 Å². The maximum absolute atomic E-state index is 12.3. The molecule has 1 fully saturated rings. The first-order valence-electron chi connectivity index (χ1n) is 8.32. The van der Waals surface area contributed by atoms with Gasteiger partial charge < -0.3 is 14.8 Å². The highest BCUT2D eigenvalue weighted by molar-refractivity contribution is 7.88. The van der Waals surface area contributed by atoms with Crippen LogP contribution in [0.5, 0.6) is 5.75 Å². The Morgan fingerprint density at radius 1 is 1.23 bits per heavy atom. The number of carbonyl (C=O) groups excluding carboxylic acids is 2. The van der Waals surface area contributed by atoms with E-state index in [1.54, 1.807) is 24.3 Å². The molecular formula is C17H24N2O6S. The second-order valence-corrected chi connectivity index (χ2v) is 8.19. The number of hydrogen-bond donors (Lipinski definition) is 1. The molecule has 1 aromatic carbocycles. The van der Waals surface area contributed by atoms with Gasteiger partial charge in [-0.2, -0.15) is 0 Å². The lowest BCUT2D eigenvalue weighted by Crippen LogP contribution is -2.41. The van der Waals surface area contributed by atoms with Gasteiger partial charge in [-0.15, -0.1) is 0 Å². The van der Waals surface area contributed by atoms with Gasteiger partial charge in [-0.05, 0) is 31.9 Å². The van der Waals surface area contributed by atoms with E-state index in [-0.39, 0.29) is 13.1 Å². The summed E-state index contributed by atoms with van der Waals surface area (Å²) in [6.07, 6.45) is 0.940. The van der Waals surface area contributed by atoms with Crippen LogP contribution in [-0.4, -0.2) is 57.2 Å². The van der Waals surface area contributed by atoms with Crippen LogP contribution in [0.2, 0.25) is 0 Å². The fourth-order valence-electron chi connectivity index (χ4n) is 2.73. The van der Waals surface area contributed by atoms with Gasteiger partial charge in [0.15, 0.2) is 6.10 Å². The monoisotopic (exact) mass is 384 g/mol. The molecule has 1 N–H and O–H groups in total. The molecule has 0 saturated carbocycles. The summed E-state index contributed by atoms with van der Waals surface area (Å²) in [5.74, 6) is -0.848. The molecule has 26 heavy (non-hydrogen) atoms. The molecule has 1 atom stereocenters. The van der Waals surface area contributed by atoms with Gasteiger partial charge in [0, 0.05) is 13.1 Å². The number of carbonyl (C=O) groups is 2. The molecule has 0 aromatic heterocycles. The van der Waals surface area contributed by atoms with Gasteiger partial charge in [0.25, 0.3) is 5.91 Å². The van der Waals surface area contributed by atoms with E-state index in [1.165, 1.54) is 18.3 Å². The standard InChI is InChI=1S/C17H24N2O6S/c1-12(16(20)18-14-6-4-5-7-15(14)24-2)25-17(21)13-8-10-19(11-9-13)26(3,22)23/h4-7,12-13H,8-11H2,1-3H3,(H,18,20). The lowest BCUT2D eigenvalue weighted by Gasteiger charge is -2.29. The van der Waals surface area contributed by atoms with E-state index < -0.39 is 33.9 Å². The molecule has 0 aliphatic carbocycles. The largest absolute Gasteiger partial charge is 0.495 e. The highest BCUT2D eigenvalue weighted by Gasteiger charge is 2.31. The molecule has 9 heteroatoms. The predicted molar refractivity (Wildman–Crippen MR) is 96.3 cm³/mol. The van der Waals surface area contributed by atoms with Crippen molar-refractivity contribution in [1.82, 2.24) is 4.31 Å². The molecule has 1 aromatic rings. The van der Waals surface area contributed by atoms with Crippen molar-refractivity contribution in [2.45, 2.75) is 25.9 Å². The van der Waals surface area contributed by atoms with Gasteiger partial charge in [0.05, 0.1) is 25.0 Å². The number of anilines is 1. The van der Waals surface area contributed by atoms with Crippen molar-refractivity contribution in [3.63, 3.8) is 0 Å². The number of ether oxygens (including phenoxy) is 2. The van der Waals surface area contributed by atoms with Crippen molar-refractivity contribution in [2.75, 3.05) is 31.8 Å². The van der Waals surface area contributed by atoms with Gasteiger partial charge in [0.2, 0.25) is 10.0 Å². The minimum Gasteiger partial charge on any atom is -0.495 e. The molecule has 1 amide bonds. The number of amides is 1. The van der Waals surface area contributed by atoms with Crippen molar-refractivity contribution in [3.8, 4) is 5.75 Å². The number of piperidine rings is 1. The van der Waals surface area contributed by atoms with Crippen molar-refractivity contribution < 1.29 is 27.5 Å². The maximum Gasteiger partial charge on any atom is 0.309 e. The zero-order chi connectivity index (χ0) is 19.3. The van der Waals surface area contributed by atoms with Gasteiger partial charge in [-0.1, -0.05) is 12.1 Å². The Hall–Kier alpha value is -2.13. The molecule has 1 heterocycles. The van der Waals surface area contributed by atoms with E-state index in [2.05, 4.69) is 5.32 Å². The van der Waals surface area contributed by atoms with Crippen LogP contribution in [0, 0.1) is 5.92 Å². The van der Waals surface area contributed by atoms with Crippen LogP contribution in [0.15, 0.2) is 24.3 Å². The number of hydrogen-bond acceptors (Lipinski definition) is 6. The molecular weight excluding hydrogens is 360 g/mol. The fraction of sp³-hybridized carbons (Fsp3) is 0.529. The van der Waals surface area contributed by atoms with Crippen LogP contribution in [-0.2, 0) is 24.3 Å². The first kappa shape index (κ1) is 20.2. The average Bonchev–Trinajstić information content (AvgIpc) is 2.61. The Kier molecular flexibility index (Phi) is 6.60. The van der Waals surface area contributed by atoms with Crippen molar-refractivity contribution >= 4 is 27.6 Å². The molecule has 144 valence electrons. The SMILES string of the molecule is COc1ccccc1NC(=O)C(C)OC(=O)C1CCN(S(C)(=O)=O)CC1. The summed E-state index contributed by atoms with van der Waals surface area (Å²) in [7, 11) is -1.75. The topological polar surface area (TPSA) is 102 Å². The molecule has 0 radical (unpaired) electrons. The van der Waals surface area contributed by atoms with Crippen LogP contribution < -0.4 is 10.1 Å². The number of benzene rings is 1. The quantitative estimate of drug-likeness (QED) is 0.741. The van der Waals surface area contributed by atoms with Crippen molar-refractivity contribution in [1.29, 1.82) is 0 Å². The Bertz CT molecular complexity index is 756. The minimum absolute atomic E-state index is 0.278. The van der Waals surface area contributed by atoms with E-state index in [4.69, 9.17) is 9.47 Å². The molecule has 2 rings (SSSR count). The summed E-state index contributed by atoms with van der Waals surface area (Å²) in [4.78, 5) is 24.5. The summed E-state index contributed by atoms with van der Waals surface area (Å²) in [6.45, 7) is 2.05. The zero-order valence-corrected chi connectivity index (χ0v) is 15.9. The number of nitrogens with one attached hydrogen (secondary N) is 1. The highest BCUT2D eigenvalue weighted by Crippen LogP contribution is 2.24. The first-order valence-corrected chi connectivity index (χ1v) is 10.2. The molecule has 1 unspecified atom stereocenters. The number of rotatable bonds is 6. The lowest BCUT2D eigenvalue weighted by molar-refractivity contribution is -0.158. The summed E-state index contributed by atoms with van der Waals surface area (Å²) in [5, 5.41) is 2.67. The normalized spacial score (nSPS) is 17.3.